The second-order valence-corrected chi connectivity index (χ2v) is 5.02. The Labute approximate surface area is 104 Å². The van der Waals surface area contributed by atoms with Crippen LogP contribution in [0.1, 0.15) is 37.0 Å². The fourth-order valence-electron chi connectivity index (χ4n) is 1.74. The van der Waals surface area contributed by atoms with Gasteiger partial charge in [0.25, 0.3) is 11.7 Å². The van der Waals surface area contributed by atoms with Crippen LogP contribution in [0, 0.1) is 0 Å². The van der Waals surface area contributed by atoms with Crippen molar-refractivity contribution in [2.24, 2.45) is 0 Å². The Morgan fingerprint density at radius 3 is 2.50 bits per heavy atom. The molecule has 0 aliphatic carbocycles. The summed E-state index contributed by atoms with van der Waals surface area (Å²) in [5.74, 6) is -1.29. The van der Waals surface area contributed by atoms with E-state index in [-0.39, 0.29) is 17.1 Å². The van der Waals surface area contributed by atoms with E-state index in [0.29, 0.717) is 0 Å². The first-order valence-corrected chi connectivity index (χ1v) is 5.56. The van der Waals surface area contributed by atoms with Crippen molar-refractivity contribution in [3.63, 3.8) is 0 Å². The van der Waals surface area contributed by atoms with Gasteiger partial charge in [-0.05, 0) is 22.2 Å². The highest BCUT2D eigenvalue weighted by molar-refractivity contribution is 5.83. The Morgan fingerprint density at radius 2 is 1.94 bits per heavy atom. The molecule has 18 heavy (non-hydrogen) atoms. The van der Waals surface area contributed by atoms with Gasteiger partial charge < -0.3 is 9.63 Å². The molecular formula is C13H14N2O3. The van der Waals surface area contributed by atoms with Crippen molar-refractivity contribution in [3.8, 4) is 11.5 Å². The largest absolute Gasteiger partial charge is 0.475 e. The van der Waals surface area contributed by atoms with Gasteiger partial charge in [0, 0.05) is 5.56 Å². The zero-order chi connectivity index (χ0) is 13.3. The lowest BCUT2D eigenvalue weighted by molar-refractivity contribution is 0.0680. The van der Waals surface area contributed by atoms with Crippen LogP contribution in [0.15, 0.2) is 28.8 Å². The maximum absolute atomic E-state index is 10.7. The van der Waals surface area contributed by atoms with E-state index in [1.54, 1.807) is 0 Å². The summed E-state index contributed by atoms with van der Waals surface area (Å²) in [6, 6.07) is 7.60. The Kier molecular flexibility index (Phi) is 2.90. The summed E-state index contributed by atoms with van der Waals surface area (Å²) in [6.45, 7) is 6.21. The lowest BCUT2D eigenvalue weighted by Gasteiger charge is -2.21. The predicted molar refractivity (Wildman–Crippen MR) is 65.4 cm³/mol. The highest BCUT2D eigenvalue weighted by Crippen LogP contribution is 2.31. The van der Waals surface area contributed by atoms with E-state index in [0.717, 1.165) is 11.1 Å². The molecule has 0 amide bonds. The topological polar surface area (TPSA) is 76.2 Å². The molecule has 5 nitrogen and oxygen atoms in total. The fraction of sp³-hybridized carbons (Fsp3) is 0.308. The number of rotatable bonds is 2. The number of hydrogen-bond donors (Lipinski definition) is 1. The molecule has 0 atom stereocenters. The van der Waals surface area contributed by atoms with Gasteiger partial charge in [0.15, 0.2) is 0 Å². The summed E-state index contributed by atoms with van der Waals surface area (Å²) in [6.07, 6.45) is 0. The zero-order valence-electron chi connectivity index (χ0n) is 10.5. The minimum atomic E-state index is -1.20. The van der Waals surface area contributed by atoms with Crippen molar-refractivity contribution in [3.05, 3.63) is 35.7 Å². The molecule has 0 aliphatic heterocycles. The molecule has 0 saturated carbocycles. The number of carboxylic acids is 1. The number of aromatic nitrogens is 2. The van der Waals surface area contributed by atoms with Gasteiger partial charge >= 0.3 is 5.97 Å². The van der Waals surface area contributed by atoms with Gasteiger partial charge in [-0.25, -0.2) is 4.79 Å². The van der Waals surface area contributed by atoms with Crippen LogP contribution in [0.3, 0.4) is 0 Å². The monoisotopic (exact) mass is 246 g/mol. The van der Waals surface area contributed by atoms with Crippen molar-refractivity contribution < 1.29 is 14.4 Å². The molecule has 1 N–H and O–H groups in total. The Balaban J connectivity index is 2.53. The molecule has 1 aromatic heterocycles. The van der Waals surface area contributed by atoms with E-state index < -0.39 is 5.97 Å². The lowest BCUT2D eigenvalue weighted by Crippen LogP contribution is -2.12. The molecule has 2 rings (SSSR count). The van der Waals surface area contributed by atoms with E-state index in [4.69, 9.17) is 9.63 Å². The minimum Gasteiger partial charge on any atom is -0.475 e. The van der Waals surface area contributed by atoms with Gasteiger partial charge in [0.1, 0.15) is 0 Å². The van der Waals surface area contributed by atoms with Gasteiger partial charge in [0.2, 0.25) is 0 Å². The first kappa shape index (κ1) is 12.3. The number of carbonyl (C=O) groups is 1. The summed E-state index contributed by atoms with van der Waals surface area (Å²) in [7, 11) is 0. The van der Waals surface area contributed by atoms with E-state index in [9.17, 15) is 4.79 Å². The van der Waals surface area contributed by atoms with Gasteiger partial charge in [-0.2, -0.15) is 4.98 Å². The molecule has 0 spiro atoms. The highest BCUT2D eigenvalue weighted by atomic mass is 16.5. The molecule has 1 heterocycles. The Bertz CT molecular complexity index is 582. The molecule has 94 valence electrons. The molecule has 0 radical (unpaired) electrons. The number of benzene rings is 1. The molecule has 5 heteroatoms. The van der Waals surface area contributed by atoms with Crippen LogP contribution in [0.25, 0.3) is 11.5 Å². The van der Waals surface area contributed by atoms with Gasteiger partial charge in [-0.15, -0.1) is 0 Å². The Morgan fingerprint density at radius 1 is 1.28 bits per heavy atom. The normalized spacial score (nSPS) is 11.5. The van der Waals surface area contributed by atoms with E-state index in [1.807, 2.05) is 24.3 Å². The zero-order valence-corrected chi connectivity index (χ0v) is 10.5. The average molecular weight is 246 g/mol. The fourth-order valence-corrected chi connectivity index (χ4v) is 1.74. The molecule has 1 aromatic carbocycles. The molecule has 0 bridgehead atoms. The van der Waals surface area contributed by atoms with Crippen molar-refractivity contribution in [1.29, 1.82) is 0 Å². The number of carboxylic acid groups (broad SMARTS) is 1. The lowest BCUT2D eigenvalue weighted by atomic mass is 9.84. The third-order valence-electron chi connectivity index (χ3n) is 2.58. The van der Waals surface area contributed by atoms with Gasteiger partial charge in [0.05, 0.1) is 0 Å². The molecular weight excluding hydrogens is 232 g/mol. The minimum absolute atomic E-state index is 0.0888. The third-order valence-corrected chi connectivity index (χ3v) is 2.58. The van der Waals surface area contributed by atoms with Crippen LogP contribution >= 0.6 is 0 Å². The molecule has 0 unspecified atom stereocenters. The number of hydrogen-bond acceptors (Lipinski definition) is 4. The van der Waals surface area contributed by atoms with Crippen LogP contribution < -0.4 is 0 Å². The van der Waals surface area contributed by atoms with Crippen LogP contribution in [0.5, 0.6) is 0 Å². The number of aromatic carboxylic acids is 1. The first-order valence-electron chi connectivity index (χ1n) is 5.56. The standard InChI is InChI=1S/C13H14N2O3/c1-13(2,3)9-7-5-4-6-8(9)11-14-10(12(16)17)15-18-11/h4-7H,1-3H3,(H,16,17). The van der Waals surface area contributed by atoms with Crippen LogP contribution in [0.2, 0.25) is 0 Å². The van der Waals surface area contributed by atoms with Crippen molar-refractivity contribution in [2.75, 3.05) is 0 Å². The summed E-state index contributed by atoms with van der Waals surface area (Å²) in [5.41, 5.74) is 1.71. The summed E-state index contributed by atoms with van der Waals surface area (Å²) < 4.78 is 5.01. The first-order chi connectivity index (χ1) is 8.39. The summed E-state index contributed by atoms with van der Waals surface area (Å²) in [5, 5.41) is 12.2. The maximum Gasteiger partial charge on any atom is 0.377 e. The second-order valence-electron chi connectivity index (χ2n) is 5.02. The predicted octanol–water partition coefficient (Wildman–Crippen LogP) is 2.73. The molecule has 2 aromatic rings. The maximum atomic E-state index is 10.7. The molecule has 0 saturated heterocycles. The second kappa shape index (κ2) is 4.25. The summed E-state index contributed by atoms with van der Waals surface area (Å²) >= 11 is 0. The van der Waals surface area contributed by atoms with Gasteiger partial charge in [-0.1, -0.05) is 39.0 Å². The van der Waals surface area contributed by atoms with Crippen molar-refractivity contribution in [1.82, 2.24) is 10.1 Å². The van der Waals surface area contributed by atoms with E-state index in [2.05, 4.69) is 30.9 Å². The summed E-state index contributed by atoms with van der Waals surface area (Å²) in [4.78, 5) is 14.6. The SMILES string of the molecule is CC(C)(C)c1ccccc1-c1nc(C(=O)O)no1. The van der Waals surface area contributed by atoms with Crippen LogP contribution in [0.4, 0.5) is 0 Å². The molecule has 0 aliphatic rings. The molecule has 0 fully saturated rings. The van der Waals surface area contributed by atoms with Crippen LogP contribution in [-0.4, -0.2) is 21.2 Å². The average Bonchev–Trinajstić information content (AvgIpc) is 2.77. The quantitative estimate of drug-likeness (QED) is 0.881. The van der Waals surface area contributed by atoms with Gasteiger partial charge in [-0.3, -0.25) is 0 Å². The van der Waals surface area contributed by atoms with E-state index in [1.165, 1.54) is 0 Å². The smallest absolute Gasteiger partial charge is 0.377 e. The number of nitrogens with zero attached hydrogens (tertiary/aromatic N) is 2. The Hall–Kier alpha value is -2.17. The third kappa shape index (κ3) is 2.25. The van der Waals surface area contributed by atoms with E-state index >= 15 is 0 Å². The highest BCUT2D eigenvalue weighted by Gasteiger charge is 2.22. The van der Waals surface area contributed by atoms with Crippen molar-refractivity contribution >= 4 is 5.97 Å². The van der Waals surface area contributed by atoms with Crippen molar-refractivity contribution in [2.45, 2.75) is 26.2 Å². The van der Waals surface area contributed by atoms with Crippen LogP contribution in [-0.2, 0) is 5.41 Å².